The zero-order valence-electron chi connectivity index (χ0n) is 11.0. The predicted molar refractivity (Wildman–Crippen MR) is 84.9 cm³/mol. The Morgan fingerprint density at radius 2 is 1.68 bits per heavy atom. The molecule has 8 heteroatoms. The molecule has 1 aromatic carbocycles. The third-order valence-corrected chi connectivity index (χ3v) is 6.10. The summed E-state index contributed by atoms with van der Waals surface area (Å²) in [7, 11) is 0. The lowest BCUT2D eigenvalue weighted by atomic mass is 9.82. The monoisotopic (exact) mass is 431 g/mol. The first-order valence-corrected chi connectivity index (χ1v) is 8.02. The summed E-state index contributed by atoms with van der Waals surface area (Å²) in [5.41, 5.74) is 0.235. The fourth-order valence-corrected chi connectivity index (χ4v) is 4.03. The quantitative estimate of drug-likeness (QED) is 0.637. The van der Waals surface area contributed by atoms with E-state index < -0.39 is 35.9 Å². The Hall–Kier alpha value is -1.38. The highest BCUT2D eigenvalue weighted by Crippen LogP contribution is 2.51. The number of aliphatic carboxylic acids is 1. The SMILES string of the molecule is O=C(O)[C@H]1[C@H](C(=O)Nc2ccccc2O)[C@H]2O[C@H]1C(Br)=C2Br. The summed E-state index contributed by atoms with van der Waals surface area (Å²) in [5.74, 6) is -3.54. The van der Waals surface area contributed by atoms with E-state index in [2.05, 4.69) is 37.2 Å². The summed E-state index contributed by atoms with van der Waals surface area (Å²) in [5, 5.41) is 21.7. The number of ether oxygens (including phenoxy) is 1. The molecular weight excluding hydrogens is 422 g/mol. The minimum absolute atomic E-state index is 0.0809. The molecule has 3 N–H and O–H groups in total. The molecule has 3 rings (SSSR count). The van der Waals surface area contributed by atoms with Gasteiger partial charge in [-0.1, -0.05) is 44.0 Å². The van der Waals surface area contributed by atoms with Crippen molar-refractivity contribution in [2.24, 2.45) is 11.8 Å². The number of phenols is 1. The van der Waals surface area contributed by atoms with Gasteiger partial charge in [0.2, 0.25) is 5.91 Å². The van der Waals surface area contributed by atoms with Crippen LogP contribution in [0.25, 0.3) is 0 Å². The van der Waals surface area contributed by atoms with Crippen LogP contribution in [0.1, 0.15) is 0 Å². The van der Waals surface area contributed by atoms with Gasteiger partial charge in [-0.15, -0.1) is 0 Å². The van der Waals surface area contributed by atoms with Gasteiger partial charge in [0.25, 0.3) is 0 Å². The number of fused-ring (bicyclic) bond motifs is 2. The van der Waals surface area contributed by atoms with Crippen molar-refractivity contribution in [1.82, 2.24) is 0 Å². The lowest BCUT2D eigenvalue weighted by molar-refractivity contribution is -0.146. The number of nitrogens with one attached hydrogen (secondary N) is 1. The molecule has 0 aromatic heterocycles. The molecule has 2 aliphatic heterocycles. The summed E-state index contributed by atoms with van der Waals surface area (Å²) in [6.45, 7) is 0. The normalized spacial score (nSPS) is 29.7. The van der Waals surface area contributed by atoms with Crippen molar-refractivity contribution < 1.29 is 24.5 Å². The molecule has 0 radical (unpaired) electrons. The maximum atomic E-state index is 12.5. The van der Waals surface area contributed by atoms with Crippen LogP contribution in [0.3, 0.4) is 0 Å². The highest BCUT2D eigenvalue weighted by atomic mass is 79.9. The third-order valence-electron chi connectivity index (χ3n) is 3.81. The van der Waals surface area contributed by atoms with Crippen LogP contribution in [0.2, 0.25) is 0 Å². The topological polar surface area (TPSA) is 95.9 Å². The molecule has 1 aromatic rings. The van der Waals surface area contributed by atoms with E-state index in [4.69, 9.17) is 4.74 Å². The number of carboxylic acid groups (broad SMARTS) is 1. The lowest BCUT2D eigenvalue weighted by Gasteiger charge is -2.24. The van der Waals surface area contributed by atoms with E-state index in [0.717, 1.165) is 0 Å². The molecule has 1 fully saturated rings. The number of aromatic hydroxyl groups is 1. The zero-order chi connectivity index (χ0) is 16.0. The van der Waals surface area contributed by atoms with Gasteiger partial charge in [-0.2, -0.15) is 0 Å². The number of halogens is 2. The number of carboxylic acids is 1. The van der Waals surface area contributed by atoms with Crippen molar-refractivity contribution in [1.29, 1.82) is 0 Å². The number of benzene rings is 1. The second kappa shape index (κ2) is 5.68. The minimum atomic E-state index is -1.10. The van der Waals surface area contributed by atoms with Crippen LogP contribution < -0.4 is 5.32 Å². The van der Waals surface area contributed by atoms with Gasteiger partial charge in [0.05, 0.1) is 11.6 Å². The van der Waals surface area contributed by atoms with Crippen molar-refractivity contribution in [3.8, 4) is 5.75 Å². The van der Waals surface area contributed by atoms with Crippen LogP contribution >= 0.6 is 31.9 Å². The molecule has 116 valence electrons. The Morgan fingerprint density at radius 3 is 2.27 bits per heavy atom. The van der Waals surface area contributed by atoms with Gasteiger partial charge in [-0.05, 0) is 12.1 Å². The number of carbonyl (C=O) groups is 2. The maximum Gasteiger partial charge on any atom is 0.310 e. The van der Waals surface area contributed by atoms with Crippen molar-refractivity contribution in [2.75, 3.05) is 5.32 Å². The summed E-state index contributed by atoms with van der Waals surface area (Å²) in [4.78, 5) is 24.0. The van der Waals surface area contributed by atoms with Gasteiger partial charge in [-0.25, -0.2) is 0 Å². The van der Waals surface area contributed by atoms with Crippen molar-refractivity contribution in [2.45, 2.75) is 12.2 Å². The van der Waals surface area contributed by atoms with Gasteiger partial charge < -0.3 is 20.3 Å². The van der Waals surface area contributed by atoms with Crippen molar-refractivity contribution >= 4 is 49.4 Å². The number of amides is 1. The fourth-order valence-electron chi connectivity index (χ4n) is 2.79. The van der Waals surface area contributed by atoms with E-state index >= 15 is 0 Å². The van der Waals surface area contributed by atoms with Crippen LogP contribution in [0.15, 0.2) is 33.2 Å². The molecule has 4 atom stereocenters. The summed E-state index contributed by atoms with van der Waals surface area (Å²) in [6.07, 6.45) is -1.33. The van der Waals surface area contributed by atoms with E-state index in [1.807, 2.05) is 0 Å². The van der Waals surface area contributed by atoms with Gasteiger partial charge in [-0.3, -0.25) is 9.59 Å². The molecule has 2 heterocycles. The third kappa shape index (κ3) is 2.35. The number of hydrogen-bond acceptors (Lipinski definition) is 4. The van der Waals surface area contributed by atoms with E-state index in [9.17, 15) is 19.8 Å². The number of anilines is 1. The molecule has 2 aliphatic rings. The molecule has 0 spiro atoms. The Balaban J connectivity index is 1.89. The van der Waals surface area contributed by atoms with Gasteiger partial charge in [0.15, 0.2) is 0 Å². The Kier molecular flexibility index (Phi) is 4.00. The average molecular weight is 433 g/mol. The number of carbonyl (C=O) groups excluding carboxylic acids is 1. The highest BCUT2D eigenvalue weighted by Gasteiger charge is 2.58. The predicted octanol–water partition coefficient (Wildman–Crippen LogP) is 2.43. The minimum Gasteiger partial charge on any atom is -0.506 e. The van der Waals surface area contributed by atoms with Crippen molar-refractivity contribution in [3.63, 3.8) is 0 Å². The summed E-state index contributed by atoms with van der Waals surface area (Å²) < 4.78 is 6.87. The Morgan fingerprint density at radius 1 is 1.09 bits per heavy atom. The highest BCUT2D eigenvalue weighted by molar-refractivity contribution is 9.14. The van der Waals surface area contributed by atoms with Gasteiger partial charge in [0.1, 0.15) is 23.9 Å². The van der Waals surface area contributed by atoms with Crippen LogP contribution in [-0.4, -0.2) is 34.3 Å². The molecule has 1 saturated heterocycles. The molecule has 0 aliphatic carbocycles. The molecule has 22 heavy (non-hydrogen) atoms. The van der Waals surface area contributed by atoms with E-state index in [-0.39, 0.29) is 11.4 Å². The fraction of sp³-hybridized carbons (Fsp3) is 0.286. The smallest absolute Gasteiger partial charge is 0.310 e. The van der Waals surface area contributed by atoms with Gasteiger partial charge in [0, 0.05) is 8.96 Å². The Bertz CT molecular complexity index is 690. The zero-order valence-corrected chi connectivity index (χ0v) is 14.2. The Labute approximate surface area is 142 Å². The maximum absolute atomic E-state index is 12.5. The molecular formula is C14H11Br2NO5. The molecule has 0 unspecified atom stereocenters. The van der Waals surface area contributed by atoms with Crippen molar-refractivity contribution in [3.05, 3.63) is 33.2 Å². The number of phenolic OH excluding ortho intramolecular Hbond substituents is 1. The summed E-state index contributed by atoms with van der Waals surface area (Å²) >= 11 is 6.63. The van der Waals surface area contributed by atoms with E-state index in [1.54, 1.807) is 12.1 Å². The molecule has 2 bridgehead atoms. The number of para-hydroxylation sites is 2. The first-order chi connectivity index (χ1) is 10.4. The number of rotatable bonds is 3. The second-order valence-corrected chi connectivity index (χ2v) is 6.78. The first-order valence-electron chi connectivity index (χ1n) is 6.44. The average Bonchev–Trinajstić information content (AvgIpc) is 2.99. The van der Waals surface area contributed by atoms with E-state index in [0.29, 0.717) is 8.96 Å². The van der Waals surface area contributed by atoms with Crippen LogP contribution in [0, 0.1) is 11.8 Å². The van der Waals surface area contributed by atoms with Gasteiger partial charge >= 0.3 is 5.97 Å². The molecule has 6 nitrogen and oxygen atoms in total. The van der Waals surface area contributed by atoms with Crippen LogP contribution in [-0.2, 0) is 14.3 Å². The largest absolute Gasteiger partial charge is 0.506 e. The lowest BCUT2D eigenvalue weighted by Crippen LogP contribution is -2.40. The molecule has 0 saturated carbocycles. The van der Waals surface area contributed by atoms with Crippen LogP contribution in [0.4, 0.5) is 5.69 Å². The number of hydrogen-bond donors (Lipinski definition) is 3. The standard InChI is InChI=1S/C14H11Br2NO5/c15-9-10(16)12-8(14(20)21)7(11(9)22-12)13(19)17-5-3-1-2-4-6(5)18/h1-4,7-8,11-12,18H,(H,17,19)(H,20,21)/t7-,8-,11+,12+/m0/s1. The van der Waals surface area contributed by atoms with Crippen LogP contribution in [0.5, 0.6) is 5.75 Å². The first kappa shape index (κ1) is 15.5. The summed E-state index contributed by atoms with van der Waals surface area (Å²) in [6, 6.07) is 6.27. The van der Waals surface area contributed by atoms with E-state index in [1.165, 1.54) is 12.1 Å². The molecule has 1 amide bonds. The second-order valence-electron chi connectivity index (χ2n) is 5.07.